The summed E-state index contributed by atoms with van der Waals surface area (Å²) in [7, 11) is 0. The van der Waals surface area contributed by atoms with E-state index in [-0.39, 0.29) is 12.5 Å². The van der Waals surface area contributed by atoms with E-state index in [2.05, 4.69) is 0 Å². The van der Waals surface area contributed by atoms with Crippen LogP contribution in [0.15, 0.2) is 36.4 Å². The highest BCUT2D eigenvalue weighted by Gasteiger charge is 2.25. The number of hydrogen-bond acceptors (Lipinski definition) is 2. The molecule has 0 spiro atoms. The molecular weight excluding hydrogens is 347 g/mol. The maximum absolute atomic E-state index is 13.7. The van der Waals surface area contributed by atoms with Gasteiger partial charge in [-0.25, -0.2) is 18.0 Å². The van der Waals surface area contributed by atoms with Crippen LogP contribution in [0.3, 0.4) is 0 Å². The smallest absolute Gasteiger partial charge is 0.407 e. The molecule has 0 aliphatic carbocycles. The SMILES string of the molecule is O=C(O)N1CCC(c2ccccc2COc2c(F)cc(F)cc2F)CC1. The van der Waals surface area contributed by atoms with Gasteiger partial charge in [0.2, 0.25) is 0 Å². The quantitative estimate of drug-likeness (QED) is 0.865. The van der Waals surface area contributed by atoms with E-state index in [0.29, 0.717) is 38.1 Å². The summed E-state index contributed by atoms with van der Waals surface area (Å²) in [5.41, 5.74) is 1.74. The maximum Gasteiger partial charge on any atom is 0.407 e. The van der Waals surface area contributed by atoms with Gasteiger partial charge in [-0.2, -0.15) is 0 Å². The van der Waals surface area contributed by atoms with E-state index in [4.69, 9.17) is 9.84 Å². The van der Waals surface area contributed by atoms with Crippen LogP contribution >= 0.6 is 0 Å². The second-order valence-corrected chi connectivity index (χ2v) is 6.23. The lowest BCUT2D eigenvalue weighted by Gasteiger charge is -2.31. The molecule has 1 fully saturated rings. The van der Waals surface area contributed by atoms with Crippen molar-refractivity contribution >= 4 is 6.09 Å². The maximum atomic E-state index is 13.7. The molecule has 1 aliphatic rings. The Morgan fingerprint density at radius 1 is 1.12 bits per heavy atom. The van der Waals surface area contributed by atoms with Crippen LogP contribution in [0.1, 0.15) is 29.9 Å². The Kier molecular flexibility index (Phi) is 5.35. The Hall–Kier alpha value is -2.70. The lowest BCUT2D eigenvalue weighted by Crippen LogP contribution is -2.37. The van der Waals surface area contributed by atoms with Gasteiger partial charge in [-0.15, -0.1) is 0 Å². The van der Waals surface area contributed by atoms with Crippen LogP contribution in [-0.4, -0.2) is 29.2 Å². The molecule has 1 aliphatic heterocycles. The molecule has 26 heavy (non-hydrogen) atoms. The zero-order valence-electron chi connectivity index (χ0n) is 13.9. The van der Waals surface area contributed by atoms with E-state index < -0.39 is 29.3 Å². The molecule has 1 amide bonds. The summed E-state index contributed by atoms with van der Waals surface area (Å²) in [5.74, 6) is -3.64. The first-order valence-corrected chi connectivity index (χ1v) is 8.28. The average Bonchev–Trinajstić information content (AvgIpc) is 2.61. The minimum atomic E-state index is -1.09. The molecule has 0 atom stereocenters. The van der Waals surface area contributed by atoms with Gasteiger partial charge < -0.3 is 14.7 Å². The summed E-state index contributed by atoms with van der Waals surface area (Å²) in [6.45, 7) is 0.821. The summed E-state index contributed by atoms with van der Waals surface area (Å²) in [6, 6.07) is 8.53. The summed E-state index contributed by atoms with van der Waals surface area (Å²) < 4.78 is 45.7. The number of carboxylic acid groups (broad SMARTS) is 1. The first-order valence-electron chi connectivity index (χ1n) is 8.28. The summed E-state index contributed by atoms with van der Waals surface area (Å²) in [6.07, 6.45) is 0.410. The third kappa shape index (κ3) is 3.92. The van der Waals surface area contributed by atoms with Crippen LogP contribution in [0.4, 0.5) is 18.0 Å². The molecule has 3 rings (SSSR count). The highest BCUT2D eigenvalue weighted by molar-refractivity contribution is 5.65. The van der Waals surface area contributed by atoms with Crippen molar-refractivity contribution in [2.45, 2.75) is 25.4 Å². The molecule has 138 valence electrons. The molecule has 4 nitrogen and oxygen atoms in total. The second kappa shape index (κ2) is 7.68. The molecular formula is C19H18F3NO3. The van der Waals surface area contributed by atoms with Crippen LogP contribution in [0.25, 0.3) is 0 Å². The van der Waals surface area contributed by atoms with Crippen LogP contribution in [0, 0.1) is 17.5 Å². The lowest BCUT2D eigenvalue weighted by molar-refractivity contribution is 0.132. The number of benzene rings is 2. The van der Waals surface area contributed by atoms with Crippen LogP contribution in [0.2, 0.25) is 0 Å². The van der Waals surface area contributed by atoms with Crippen LogP contribution in [0.5, 0.6) is 5.75 Å². The number of nitrogens with zero attached hydrogens (tertiary/aromatic N) is 1. The molecule has 7 heteroatoms. The van der Waals surface area contributed by atoms with Crippen molar-refractivity contribution in [1.82, 2.24) is 4.90 Å². The number of rotatable bonds is 4. The Morgan fingerprint density at radius 3 is 2.35 bits per heavy atom. The second-order valence-electron chi connectivity index (χ2n) is 6.23. The fourth-order valence-electron chi connectivity index (χ4n) is 3.26. The molecule has 2 aromatic rings. The zero-order chi connectivity index (χ0) is 18.7. The number of amides is 1. The molecule has 1 heterocycles. The van der Waals surface area contributed by atoms with E-state index >= 15 is 0 Å². The number of carbonyl (C=O) groups is 1. The van der Waals surface area contributed by atoms with Crippen molar-refractivity contribution in [1.29, 1.82) is 0 Å². The zero-order valence-corrected chi connectivity index (χ0v) is 13.9. The molecule has 0 bridgehead atoms. The standard InChI is InChI=1S/C19H18F3NO3/c20-14-9-16(21)18(17(22)10-14)26-11-13-3-1-2-4-15(13)12-5-7-23(8-6-12)19(24)25/h1-4,9-10,12H,5-8,11H2,(H,24,25). The van der Waals surface area contributed by atoms with Crippen molar-refractivity contribution in [2.75, 3.05) is 13.1 Å². The largest absolute Gasteiger partial charge is 0.483 e. The summed E-state index contributed by atoms with van der Waals surface area (Å²) in [4.78, 5) is 12.4. The number of hydrogen-bond donors (Lipinski definition) is 1. The third-order valence-corrected chi connectivity index (χ3v) is 4.60. The fraction of sp³-hybridized carbons (Fsp3) is 0.316. The first-order chi connectivity index (χ1) is 12.5. The highest BCUT2D eigenvalue weighted by atomic mass is 19.1. The third-order valence-electron chi connectivity index (χ3n) is 4.60. The Balaban J connectivity index is 1.73. The minimum absolute atomic E-state index is 0.0607. The van der Waals surface area contributed by atoms with Crippen LogP contribution < -0.4 is 4.74 Å². The molecule has 0 saturated carbocycles. The number of ether oxygens (including phenoxy) is 1. The number of halogens is 3. The highest BCUT2D eigenvalue weighted by Crippen LogP contribution is 2.31. The molecule has 0 radical (unpaired) electrons. The summed E-state index contributed by atoms with van der Waals surface area (Å²) >= 11 is 0. The number of likely N-dealkylation sites (tertiary alicyclic amines) is 1. The number of piperidine rings is 1. The Labute approximate surface area is 148 Å². The lowest BCUT2D eigenvalue weighted by atomic mass is 9.87. The van der Waals surface area contributed by atoms with E-state index in [1.165, 1.54) is 4.90 Å². The molecule has 0 aromatic heterocycles. The van der Waals surface area contributed by atoms with E-state index in [1.807, 2.05) is 12.1 Å². The normalized spacial score (nSPS) is 15.1. The Morgan fingerprint density at radius 2 is 1.73 bits per heavy atom. The molecule has 1 N–H and O–H groups in total. The van der Waals surface area contributed by atoms with Crippen molar-refractivity contribution in [3.05, 3.63) is 65.0 Å². The van der Waals surface area contributed by atoms with Gasteiger partial charge in [-0.05, 0) is 29.9 Å². The molecule has 2 aromatic carbocycles. The van der Waals surface area contributed by atoms with Gasteiger partial charge in [0.25, 0.3) is 0 Å². The molecule has 0 unspecified atom stereocenters. The van der Waals surface area contributed by atoms with Gasteiger partial charge >= 0.3 is 6.09 Å². The fourth-order valence-corrected chi connectivity index (χ4v) is 3.26. The van der Waals surface area contributed by atoms with Gasteiger partial charge in [0.15, 0.2) is 17.4 Å². The average molecular weight is 365 g/mol. The van der Waals surface area contributed by atoms with Gasteiger partial charge in [-0.3, -0.25) is 0 Å². The van der Waals surface area contributed by atoms with Gasteiger partial charge in [-0.1, -0.05) is 24.3 Å². The minimum Gasteiger partial charge on any atom is -0.483 e. The first kappa shape index (κ1) is 18.1. The monoisotopic (exact) mass is 365 g/mol. The van der Waals surface area contributed by atoms with Crippen molar-refractivity contribution < 1.29 is 27.8 Å². The Bertz CT molecular complexity index is 781. The topological polar surface area (TPSA) is 49.8 Å². The van der Waals surface area contributed by atoms with Crippen LogP contribution in [-0.2, 0) is 6.61 Å². The van der Waals surface area contributed by atoms with Gasteiger partial charge in [0.05, 0.1) is 0 Å². The van der Waals surface area contributed by atoms with Crippen molar-refractivity contribution in [3.63, 3.8) is 0 Å². The van der Waals surface area contributed by atoms with Crippen molar-refractivity contribution in [3.8, 4) is 5.75 Å². The van der Waals surface area contributed by atoms with Gasteiger partial charge in [0, 0.05) is 25.2 Å². The summed E-state index contributed by atoms with van der Waals surface area (Å²) in [5, 5.41) is 9.04. The van der Waals surface area contributed by atoms with Crippen molar-refractivity contribution in [2.24, 2.45) is 0 Å². The predicted octanol–water partition coefficient (Wildman–Crippen LogP) is 4.54. The van der Waals surface area contributed by atoms with E-state index in [0.717, 1.165) is 11.1 Å². The van der Waals surface area contributed by atoms with Gasteiger partial charge in [0.1, 0.15) is 12.4 Å². The van der Waals surface area contributed by atoms with E-state index in [1.54, 1.807) is 12.1 Å². The van der Waals surface area contributed by atoms with E-state index in [9.17, 15) is 18.0 Å². The predicted molar refractivity (Wildman–Crippen MR) is 88.7 cm³/mol. The molecule has 1 saturated heterocycles.